The van der Waals surface area contributed by atoms with Crippen molar-refractivity contribution in [3.63, 3.8) is 0 Å². The van der Waals surface area contributed by atoms with Crippen molar-refractivity contribution in [3.8, 4) is 0 Å². The van der Waals surface area contributed by atoms with Crippen LogP contribution in [0.4, 0.5) is 10.2 Å². The van der Waals surface area contributed by atoms with Gasteiger partial charge in [-0.05, 0) is 12.1 Å². The van der Waals surface area contributed by atoms with E-state index in [-0.39, 0.29) is 52.9 Å². The Hall–Kier alpha value is -3.29. The normalized spacial score (nSPS) is 21.4. The Balaban J connectivity index is 1.23. The van der Waals surface area contributed by atoms with Gasteiger partial charge in [-0.3, -0.25) is 32.5 Å². The average Bonchev–Trinajstić information content (AvgIpc) is 3.68. The van der Waals surface area contributed by atoms with Crippen molar-refractivity contribution in [1.82, 2.24) is 30.2 Å². The molecule has 316 valence electrons. The Kier molecular flexibility index (Phi) is 15.6. The first kappa shape index (κ1) is 46.4. The summed E-state index contributed by atoms with van der Waals surface area (Å²) in [6, 6.07) is 5.13. The van der Waals surface area contributed by atoms with Crippen molar-refractivity contribution in [2.24, 2.45) is 5.41 Å². The summed E-state index contributed by atoms with van der Waals surface area (Å²) >= 11 is 0.865. The van der Waals surface area contributed by atoms with Crippen LogP contribution in [-0.4, -0.2) is 123 Å². The van der Waals surface area contributed by atoms with Crippen molar-refractivity contribution >= 4 is 69.1 Å². The minimum atomic E-state index is -5.59. The fourth-order valence-electron chi connectivity index (χ4n) is 4.97. The minimum Gasteiger partial charge on any atom is -0.386 e. The van der Waals surface area contributed by atoms with E-state index in [4.69, 9.17) is 19.5 Å². The number of thioether (sulfide) groups is 1. The molecule has 1 aliphatic heterocycles. The number of carbonyl (C=O) groups excluding carboxylic acids is 3. The molecule has 0 saturated carbocycles. The second-order valence-electron chi connectivity index (χ2n) is 12.7. The molecule has 3 aromatic rings. The maximum atomic E-state index is 13.3. The third kappa shape index (κ3) is 13.4. The van der Waals surface area contributed by atoms with Gasteiger partial charge in [-0.1, -0.05) is 37.7 Å². The van der Waals surface area contributed by atoms with Crippen LogP contribution < -0.4 is 16.4 Å². The smallest absolute Gasteiger partial charge is 0.386 e. The van der Waals surface area contributed by atoms with E-state index in [1.165, 1.54) is 32.0 Å². The zero-order valence-electron chi connectivity index (χ0n) is 29.8. The molecule has 1 aromatic carbocycles. The van der Waals surface area contributed by atoms with Gasteiger partial charge in [0.1, 0.15) is 42.1 Å². The summed E-state index contributed by atoms with van der Waals surface area (Å²) in [5.74, 6) is -1.95. The molecule has 29 heteroatoms. The van der Waals surface area contributed by atoms with Crippen molar-refractivity contribution in [2.75, 3.05) is 37.8 Å². The maximum absolute atomic E-state index is 13.3. The summed E-state index contributed by atoms with van der Waals surface area (Å²) in [5.41, 5.74) is 4.38. The number of nitrogen functional groups attached to an aromatic ring is 1. The van der Waals surface area contributed by atoms with Gasteiger partial charge in [0.15, 0.2) is 17.7 Å². The van der Waals surface area contributed by atoms with E-state index in [1.807, 2.05) is 0 Å². The zero-order chi connectivity index (χ0) is 42.3. The van der Waals surface area contributed by atoms with Gasteiger partial charge in [0.25, 0.3) is 0 Å². The number of aliphatic hydroxyl groups excluding tert-OH is 2. The number of phosphoric acid groups is 3. The molecule has 7 atom stereocenters. The number of hydrogen-bond donors (Lipinski definition) is 9. The number of imidazole rings is 1. The highest BCUT2D eigenvalue weighted by atomic mass is 32.2. The number of rotatable bonds is 20. The third-order valence-electron chi connectivity index (χ3n) is 7.80. The number of hydrogen-bond acceptors (Lipinski definition) is 18. The van der Waals surface area contributed by atoms with E-state index in [9.17, 15) is 62.3 Å². The Morgan fingerprint density at radius 3 is 2.46 bits per heavy atom. The number of nitrogens with one attached hydrogen (secondary N) is 2. The number of benzene rings is 1. The molecule has 1 fully saturated rings. The van der Waals surface area contributed by atoms with Crippen LogP contribution in [0.5, 0.6) is 0 Å². The number of halogens is 1. The van der Waals surface area contributed by atoms with E-state index in [0.29, 0.717) is 0 Å². The largest absolute Gasteiger partial charge is 0.481 e. The molecular weight excluding hydrogens is 850 g/mol. The fourth-order valence-corrected chi connectivity index (χ4v) is 8.48. The van der Waals surface area contributed by atoms with Crippen LogP contribution in [-0.2, 0) is 45.9 Å². The molecule has 0 bridgehead atoms. The first-order valence-corrected chi connectivity index (χ1v) is 21.8. The summed E-state index contributed by atoms with van der Waals surface area (Å²) in [7, 11) is -16.4. The number of phosphoric ester groups is 3. The molecule has 2 amide bonds. The molecule has 3 heterocycles. The molecule has 4 rings (SSSR count). The quantitative estimate of drug-likeness (QED) is 0.0537. The van der Waals surface area contributed by atoms with Crippen LogP contribution in [0.25, 0.3) is 11.2 Å². The van der Waals surface area contributed by atoms with E-state index < -0.39 is 90.4 Å². The van der Waals surface area contributed by atoms with Crippen molar-refractivity contribution in [3.05, 3.63) is 48.3 Å². The summed E-state index contributed by atoms with van der Waals surface area (Å²) in [6.07, 6.45) is -7.07. The van der Waals surface area contributed by atoms with Crippen molar-refractivity contribution in [1.29, 1.82) is 0 Å². The summed E-state index contributed by atoms with van der Waals surface area (Å²) < 4.78 is 75.3. The van der Waals surface area contributed by atoms with Gasteiger partial charge in [-0.2, -0.15) is 4.31 Å². The standard InChI is InChI=1S/C28H39FN7O17P3S/c1-28(2,22(39)25(40)32-7-6-18(37)31-8-9-57-27(41)15-4-3-5-16(29)10-15)12-50-56(47,48)53-55(45,46)49-11-17-21(52-54(42,43)44)20(38)26(51-17)36-14-35-19-23(30)33-13-34-24(19)36/h3-5,10,13-14,17,20-22,26,38-39H,6-9,11-12H2,1-2H3,(H,31,37)(H,32,40)(H,45,46)(H,47,48)(H2,30,33,34)(H2,42,43,44)/t17-,20-,21-,22?,26-/m1/s1. The van der Waals surface area contributed by atoms with Crippen LogP contribution in [0.1, 0.15) is 36.9 Å². The summed E-state index contributed by atoms with van der Waals surface area (Å²) in [5, 5.41) is 25.9. The topological polar surface area (TPSA) is 364 Å². The number of nitrogens with two attached hydrogens (primary N) is 1. The van der Waals surface area contributed by atoms with Crippen molar-refractivity contribution < 1.29 is 84.9 Å². The Bertz CT molecular complexity index is 2080. The van der Waals surface area contributed by atoms with Crippen LogP contribution in [0.3, 0.4) is 0 Å². The van der Waals surface area contributed by atoms with Gasteiger partial charge in [0, 0.05) is 36.2 Å². The second-order valence-corrected chi connectivity index (χ2v) is 18.0. The van der Waals surface area contributed by atoms with E-state index in [1.54, 1.807) is 0 Å². The van der Waals surface area contributed by atoms with Crippen LogP contribution in [0, 0.1) is 11.2 Å². The number of amides is 2. The zero-order valence-corrected chi connectivity index (χ0v) is 33.3. The van der Waals surface area contributed by atoms with E-state index in [2.05, 4.69) is 34.4 Å². The molecule has 2 aromatic heterocycles. The second kappa shape index (κ2) is 19.2. The summed E-state index contributed by atoms with van der Waals surface area (Å²) in [6.45, 7) is 0.239. The Morgan fingerprint density at radius 1 is 1.07 bits per heavy atom. The number of aromatic nitrogens is 4. The molecule has 0 spiro atoms. The molecular formula is C28H39FN7O17P3S. The number of aliphatic hydroxyl groups is 2. The minimum absolute atomic E-state index is 0.0216. The molecule has 10 N–H and O–H groups in total. The monoisotopic (exact) mass is 889 g/mol. The number of fused-ring (bicyclic) bond motifs is 1. The number of anilines is 1. The predicted octanol–water partition coefficient (Wildman–Crippen LogP) is 0.118. The lowest BCUT2D eigenvalue weighted by Gasteiger charge is -2.30. The maximum Gasteiger partial charge on any atom is 0.481 e. The molecule has 24 nitrogen and oxygen atoms in total. The lowest BCUT2D eigenvalue weighted by atomic mass is 9.87. The first-order valence-electron chi connectivity index (χ1n) is 16.3. The first-order chi connectivity index (χ1) is 26.5. The van der Waals surface area contributed by atoms with E-state index >= 15 is 0 Å². The van der Waals surface area contributed by atoms with Gasteiger partial charge in [-0.25, -0.2) is 33.0 Å². The van der Waals surface area contributed by atoms with E-state index in [0.717, 1.165) is 35.0 Å². The van der Waals surface area contributed by atoms with Gasteiger partial charge >= 0.3 is 23.5 Å². The molecule has 1 saturated heterocycles. The highest BCUT2D eigenvalue weighted by Gasteiger charge is 2.50. The third-order valence-corrected chi connectivity index (χ3v) is 11.8. The van der Waals surface area contributed by atoms with Crippen LogP contribution in [0.15, 0.2) is 36.9 Å². The predicted molar refractivity (Wildman–Crippen MR) is 193 cm³/mol. The molecule has 0 radical (unpaired) electrons. The van der Waals surface area contributed by atoms with Gasteiger partial charge in [-0.15, -0.1) is 0 Å². The van der Waals surface area contributed by atoms with Crippen molar-refractivity contribution in [2.45, 2.75) is 50.9 Å². The SMILES string of the molecule is CC(C)(COP(=O)(O)OP(=O)(O)OC[C@H]1O[C@@H](n2cnc3c(N)ncnc32)[C@H](O)[C@@H]1OP(=O)(O)O)C(O)C(=O)NCCC(=O)NCCSC(=O)c1cccc(F)c1. The van der Waals surface area contributed by atoms with Crippen LogP contribution >= 0.6 is 35.2 Å². The van der Waals surface area contributed by atoms with Gasteiger partial charge in [0.05, 0.1) is 19.5 Å². The molecule has 57 heavy (non-hydrogen) atoms. The lowest BCUT2D eigenvalue weighted by molar-refractivity contribution is -0.137. The highest BCUT2D eigenvalue weighted by molar-refractivity contribution is 8.14. The number of carbonyl (C=O) groups is 3. The fraction of sp³-hybridized carbons (Fsp3) is 0.500. The molecule has 0 aliphatic carbocycles. The molecule has 1 aliphatic rings. The average molecular weight is 890 g/mol. The van der Waals surface area contributed by atoms with Gasteiger partial charge in [0.2, 0.25) is 16.9 Å². The van der Waals surface area contributed by atoms with Gasteiger partial charge < -0.3 is 50.9 Å². The Morgan fingerprint density at radius 2 is 1.77 bits per heavy atom. The highest BCUT2D eigenvalue weighted by Crippen LogP contribution is 2.61. The summed E-state index contributed by atoms with van der Waals surface area (Å²) in [4.78, 5) is 87.7. The molecule has 3 unspecified atom stereocenters. The number of nitrogens with zero attached hydrogens (tertiary/aromatic N) is 4. The Labute approximate surface area is 326 Å². The number of ether oxygens (including phenoxy) is 1. The lowest BCUT2D eigenvalue weighted by Crippen LogP contribution is -2.46. The van der Waals surface area contributed by atoms with Crippen LogP contribution in [0.2, 0.25) is 0 Å².